The Balaban J connectivity index is 2.35. The van der Waals surface area contributed by atoms with Crippen LogP contribution in [0.1, 0.15) is 5.56 Å². The van der Waals surface area contributed by atoms with E-state index in [0.29, 0.717) is 0 Å². The molecule has 0 aromatic heterocycles. The molecule has 0 radical (unpaired) electrons. The van der Waals surface area contributed by atoms with Gasteiger partial charge in [0.05, 0.1) is 12.3 Å². The normalized spacial score (nSPS) is 16.2. The van der Waals surface area contributed by atoms with E-state index in [0.717, 1.165) is 17.5 Å². The highest BCUT2D eigenvalue weighted by Gasteiger charge is 2.07. The molecule has 0 N–H and O–H groups in total. The van der Waals surface area contributed by atoms with Gasteiger partial charge in [-0.25, -0.2) is 0 Å². The summed E-state index contributed by atoms with van der Waals surface area (Å²) in [6, 6.07) is 8.30. The minimum absolute atomic E-state index is 0.719. The summed E-state index contributed by atoms with van der Waals surface area (Å²) in [5.41, 5.74) is 1.28. The number of rotatable bonds is 0. The number of aliphatic imine (C=N–C) groups is 1. The maximum absolute atomic E-state index is 5.84. The van der Waals surface area contributed by atoms with Crippen LogP contribution in [0.5, 0.6) is 0 Å². The largest absolute Gasteiger partial charge is 0.272 e. The molecule has 12 heavy (non-hydrogen) atoms. The van der Waals surface area contributed by atoms with Gasteiger partial charge in [-0.2, -0.15) is 0 Å². The van der Waals surface area contributed by atoms with E-state index in [-0.39, 0.29) is 0 Å². The molecule has 0 fully saturated rings. The van der Waals surface area contributed by atoms with Gasteiger partial charge in [0.25, 0.3) is 0 Å². The second-order valence-corrected chi connectivity index (χ2v) is 4.04. The second kappa shape index (κ2) is 3.50. The minimum Gasteiger partial charge on any atom is -0.272 e. The van der Waals surface area contributed by atoms with E-state index in [1.165, 1.54) is 10.5 Å². The van der Waals surface area contributed by atoms with Gasteiger partial charge in [0.2, 0.25) is 0 Å². The Morgan fingerprint density at radius 2 is 2.17 bits per heavy atom. The smallest absolute Gasteiger partial charge is 0.111 e. The SMILES string of the molecule is ClC1=NCc2ccccc2SC1. The first kappa shape index (κ1) is 8.14. The number of benzene rings is 1. The van der Waals surface area contributed by atoms with E-state index in [9.17, 15) is 0 Å². The maximum atomic E-state index is 5.84. The molecule has 0 atom stereocenters. The van der Waals surface area contributed by atoms with Crippen molar-refractivity contribution >= 4 is 28.5 Å². The van der Waals surface area contributed by atoms with Gasteiger partial charge in [0, 0.05) is 4.90 Å². The van der Waals surface area contributed by atoms with E-state index >= 15 is 0 Å². The average molecular weight is 198 g/mol. The predicted molar refractivity (Wildman–Crippen MR) is 54.2 cm³/mol. The zero-order valence-electron chi connectivity index (χ0n) is 6.46. The number of thioether (sulfide) groups is 1. The Hall–Kier alpha value is -0.470. The van der Waals surface area contributed by atoms with Crippen LogP contribution in [0, 0.1) is 0 Å². The summed E-state index contributed by atoms with van der Waals surface area (Å²) in [6.07, 6.45) is 0. The van der Waals surface area contributed by atoms with E-state index in [2.05, 4.69) is 17.1 Å². The topological polar surface area (TPSA) is 12.4 Å². The van der Waals surface area contributed by atoms with Crippen LogP contribution >= 0.6 is 23.4 Å². The number of hydrogen-bond acceptors (Lipinski definition) is 2. The molecule has 1 aliphatic heterocycles. The van der Waals surface area contributed by atoms with Crippen molar-refractivity contribution in [2.24, 2.45) is 4.99 Å². The first-order valence-corrected chi connectivity index (χ1v) is 5.12. The van der Waals surface area contributed by atoms with Gasteiger partial charge in [-0.3, -0.25) is 4.99 Å². The zero-order valence-corrected chi connectivity index (χ0v) is 8.03. The van der Waals surface area contributed by atoms with Crippen molar-refractivity contribution in [2.75, 3.05) is 5.75 Å². The van der Waals surface area contributed by atoms with E-state index < -0.39 is 0 Å². The summed E-state index contributed by atoms with van der Waals surface area (Å²) in [7, 11) is 0. The molecule has 3 heteroatoms. The molecule has 0 bridgehead atoms. The molecule has 0 aliphatic carbocycles. The van der Waals surface area contributed by atoms with Gasteiger partial charge < -0.3 is 0 Å². The Bertz CT molecular complexity index is 322. The van der Waals surface area contributed by atoms with Crippen LogP contribution in [0.4, 0.5) is 0 Å². The lowest BCUT2D eigenvalue weighted by atomic mass is 10.2. The number of halogens is 1. The molecular formula is C9H8ClNS. The number of fused-ring (bicyclic) bond motifs is 1. The molecule has 0 amide bonds. The second-order valence-electron chi connectivity index (χ2n) is 2.59. The quantitative estimate of drug-likeness (QED) is 0.623. The third-order valence-electron chi connectivity index (χ3n) is 1.74. The molecule has 0 saturated heterocycles. The van der Waals surface area contributed by atoms with Gasteiger partial charge in [0.15, 0.2) is 0 Å². The molecule has 1 aliphatic rings. The summed E-state index contributed by atoms with van der Waals surface area (Å²) >= 11 is 7.60. The van der Waals surface area contributed by atoms with Crippen LogP contribution in [0.2, 0.25) is 0 Å². The maximum Gasteiger partial charge on any atom is 0.111 e. The Morgan fingerprint density at radius 3 is 3.08 bits per heavy atom. The van der Waals surface area contributed by atoms with Gasteiger partial charge in [-0.05, 0) is 11.6 Å². The number of nitrogens with zero attached hydrogens (tertiary/aromatic N) is 1. The van der Waals surface area contributed by atoms with E-state index in [1.807, 2.05) is 12.1 Å². The van der Waals surface area contributed by atoms with Crippen molar-refractivity contribution in [2.45, 2.75) is 11.4 Å². The van der Waals surface area contributed by atoms with Crippen molar-refractivity contribution in [1.29, 1.82) is 0 Å². The number of hydrogen-bond donors (Lipinski definition) is 0. The molecule has 0 unspecified atom stereocenters. The Kier molecular flexibility index (Phi) is 2.38. The fraction of sp³-hybridized carbons (Fsp3) is 0.222. The molecule has 1 heterocycles. The molecular weight excluding hydrogens is 190 g/mol. The summed E-state index contributed by atoms with van der Waals surface area (Å²) in [4.78, 5) is 5.53. The highest BCUT2D eigenvalue weighted by molar-refractivity contribution is 8.00. The summed E-state index contributed by atoms with van der Waals surface area (Å²) in [5, 5.41) is 0.719. The van der Waals surface area contributed by atoms with Gasteiger partial charge >= 0.3 is 0 Å². The van der Waals surface area contributed by atoms with Crippen molar-refractivity contribution in [3.05, 3.63) is 29.8 Å². The van der Waals surface area contributed by atoms with Crippen LogP contribution < -0.4 is 0 Å². The van der Waals surface area contributed by atoms with E-state index in [4.69, 9.17) is 11.6 Å². The Morgan fingerprint density at radius 1 is 1.33 bits per heavy atom. The van der Waals surface area contributed by atoms with Gasteiger partial charge in [0.1, 0.15) is 5.17 Å². The van der Waals surface area contributed by atoms with Gasteiger partial charge in [-0.15, -0.1) is 11.8 Å². The minimum atomic E-state index is 0.719. The van der Waals surface area contributed by atoms with Crippen LogP contribution in [-0.4, -0.2) is 10.9 Å². The molecule has 1 aromatic rings. The third kappa shape index (κ3) is 1.65. The third-order valence-corrected chi connectivity index (χ3v) is 3.28. The first-order chi connectivity index (χ1) is 5.86. The molecule has 1 aromatic carbocycles. The lowest BCUT2D eigenvalue weighted by Crippen LogP contribution is -1.87. The zero-order chi connectivity index (χ0) is 8.39. The monoisotopic (exact) mass is 197 g/mol. The van der Waals surface area contributed by atoms with Crippen LogP contribution in [0.25, 0.3) is 0 Å². The fourth-order valence-electron chi connectivity index (χ4n) is 1.13. The lowest BCUT2D eigenvalue weighted by molar-refractivity contribution is 1.04. The molecule has 2 rings (SSSR count). The summed E-state index contributed by atoms with van der Waals surface area (Å²) in [5.74, 6) is 0.804. The highest BCUT2D eigenvalue weighted by Crippen LogP contribution is 2.26. The average Bonchev–Trinajstić information content (AvgIpc) is 2.29. The van der Waals surface area contributed by atoms with Crippen LogP contribution in [0.15, 0.2) is 34.2 Å². The Labute approximate surface area is 80.8 Å². The summed E-state index contributed by atoms with van der Waals surface area (Å²) in [6.45, 7) is 0.724. The predicted octanol–water partition coefficient (Wildman–Crippen LogP) is 2.93. The van der Waals surface area contributed by atoms with Crippen molar-refractivity contribution in [1.82, 2.24) is 0 Å². The molecule has 62 valence electrons. The van der Waals surface area contributed by atoms with Crippen molar-refractivity contribution < 1.29 is 0 Å². The van der Waals surface area contributed by atoms with E-state index in [1.54, 1.807) is 11.8 Å². The van der Waals surface area contributed by atoms with Gasteiger partial charge in [-0.1, -0.05) is 29.8 Å². The standard InChI is InChI=1S/C9H8ClNS/c10-9-6-12-8-4-2-1-3-7(8)5-11-9/h1-4H,5-6H2. The van der Waals surface area contributed by atoms with Crippen LogP contribution in [0.3, 0.4) is 0 Å². The fourth-order valence-corrected chi connectivity index (χ4v) is 2.21. The van der Waals surface area contributed by atoms with Crippen molar-refractivity contribution in [3.63, 3.8) is 0 Å². The lowest BCUT2D eigenvalue weighted by Gasteiger charge is -2.00. The first-order valence-electron chi connectivity index (χ1n) is 3.76. The highest BCUT2D eigenvalue weighted by atomic mass is 35.5. The molecule has 1 nitrogen and oxygen atoms in total. The molecule has 0 saturated carbocycles. The summed E-state index contributed by atoms with van der Waals surface area (Å²) < 4.78 is 0. The van der Waals surface area contributed by atoms with Crippen molar-refractivity contribution in [3.8, 4) is 0 Å². The van der Waals surface area contributed by atoms with Crippen LogP contribution in [-0.2, 0) is 6.54 Å². The molecule has 0 spiro atoms.